The van der Waals surface area contributed by atoms with Crippen LogP contribution in [-0.2, 0) is 19.3 Å². The molecule has 0 aromatic heterocycles. The molecule has 0 fully saturated rings. The van der Waals surface area contributed by atoms with Crippen molar-refractivity contribution in [2.45, 2.75) is 70.8 Å². The van der Waals surface area contributed by atoms with E-state index in [1.165, 1.54) is 68.3 Å². The molecule has 1 aliphatic carbocycles. The molecule has 1 aliphatic rings. The van der Waals surface area contributed by atoms with Crippen LogP contribution in [0, 0.1) is 0 Å². The second-order valence-electron chi connectivity index (χ2n) is 9.97. The Morgan fingerprint density at radius 1 is 0.795 bits per heavy atom. The highest BCUT2D eigenvalue weighted by atomic mass is 35.5. The number of unbranched alkanes of at least 4 members (excludes halogenated alkanes) is 3. The van der Waals surface area contributed by atoms with Gasteiger partial charge in [-0.3, -0.25) is 0 Å². The zero-order chi connectivity index (χ0) is 26.5. The molecular formula is C31H50Cl2N2O4. The summed E-state index contributed by atoms with van der Waals surface area (Å²) in [6.07, 6.45) is 10.7. The van der Waals surface area contributed by atoms with Crippen molar-refractivity contribution < 1.29 is 18.9 Å². The Hall–Kier alpha value is -1.86. The first-order chi connectivity index (χ1) is 18.1. The molecule has 0 heterocycles. The van der Waals surface area contributed by atoms with Crippen molar-refractivity contribution in [3.05, 3.63) is 47.0 Å². The number of halogens is 2. The van der Waals surface area contributed by atoms with Crippen LogP contribution in [0.25, 0.3) is 0 Å². The zero-order valence-electron chi connectivity index (χ0n) is 24.6. The maximum Gasteiger partial charge on any atom is 0.164 e. The van der Waals surface area contributed by atoms with Gasteiger partial charge in [0.2, 0.25) is 0 Å². The van der Waals surface area contributed by atoms with Crippen LogP contribution < -0.4 is 24.3 Å². The van der Waals surface area contributed by atoms with Gasteiger partial charge >= 0.3 is 0 Å². The third-order valence-corrected chi connectivity index (χ3v) is 7.54. The Morgan fingerprint density at radius 3 is 2.21 bits per heavy atom. The van der Waals surface area contributed by atoms with Crippen molar-refractivity contribution >= 4 is 24.8 Å². The first-order valence-corrected chi connectivity index (χ1v) is 14.0. The lowest BCUT2D eigenvalue weighted by Gasteiger charge is -2.36. The van der Waals surface area contributed by atoms with Gasteiger partial charge in [-0.1, -0.05) is 31.9 Å². The van der Waals surface area contributed by atoms with Crippen LogP contribution in [0.2, 0.25) is 0 Å². The molecule has 0 saturated carbocycles. The number of benzene rings is 2. The van der Waals surface area contributed by atoms with Crippen molar-refractivity contribution in [1.29, 1.82) is 0 Å². The summed E-state index contributed by atoms with van der Waals surface area (Å²) in [5, 5.41) is 3.60. The number of nitrogens with zero attached hydrogens (tertiary/aromatic N) is 1. The summed E-state index contributed by atoms with van der Waals surface area (Å²) < 4.78 is 21.9. The molecule has 222 valence electrons. The van der Waals surface area contributed by atoms with E-state index < -0.39 is 0 Å². The van der Waals surface area contributed by atoms with E-state index in [1.54, 1.807) is 28.4 Å². The van der Waals surface area contributed by atoms with Crippen LogP contribution in [0.4, 0.5) is 0 Å². The quantitative estimate of drug-likeness (QED) is 0.213. The van der Waals surface area contributed by atoms with Crippen LogP contribution in [0.1, 0.15) is 62.1 Å². The van der Waals surface area contributed by atoms with E-state index in [4.69, 9.17) is 18.9 Å². The van der Waals surface area contributed by atoms with E-state index in [1.807, 2.05) is 6.07 Å². The Bertz CT molecular complexity index is 960. The van der Waals surface area contributed by atoms with Gasteiger partial charge in [-0.15, -0.1) is 24.8 Å². The zero-order valence-corrected chi connectivity index (χ0v) is 26.2. The molecule has 0 spiro atoms. The highest BCUT2D eigenvalue weighted by Crippen LogP contribution is 2.38. The fourth-order valence-electron chi connectivity index (χ4n) is 5.55. The third-order valence-electron chi connectivity index (χ3n) is 7.54. The van der Waals surface area contributed by atoms with Gasteiger partial charge in [-0.05, 0) is 100 Å². The van der Waals surface area contributed by atoms with Crippen molar-refractivity contribution in [2.75, 3.05) is 54.6 Å². The van der Waals surface area contributed by atoms with Crippen LogP contribution in [0.5, 0.6) is 23.0 Å². The summed E-state index contributed by atoms with van der Waals surface area (Å²) in [5.74, 6) is 3.36. The van der Waals surface area contributed by atoms with E-state index in [-0.39, 0.29) is 24.8 Å². The first-order valence-electron chi connectivity index (χ1n) is 14.0. The van der Waals surface area contributed by atoms with Gasteiger partial charge in [0.25, 0.3) is 0 Å². The van der Waals surface area contributed by atoms with E-state index >= 15 is 0 Å². The maximum absolute atomic E-state index is 5.69. The fourth-order valence-corrected chi connectivity index (χ4v) is 5.55. The molecule has 6 nitrogen and oxygen atoms in total. The van der Waals surface area contributed by atoms with Gasteiger partial charge in [0.1, 0.15) is 0 Å². The highest BCUT2D eigenvalue weighted by Gasteiger charge is 2.27. The van der Waals surface area contributed by atoms with E-state index in [0.29, 0.717) is 6.04 Å². The number of nitrogens with one attached hydrogen (secondary N) is 1. The molecule has 2 aromatic rings. The van der Waals surface area contributed by atoms with E-state index in [0.717, 1.165) is 55.4 Å². The van der Waals surface area contributed by atoms with Crippen LogP contribution in [-0.4, -0.2) is 65.6 Å². The summed E-state index contributed by atoms with van der Waals surface area (Å²) in [6, 6.07) is 11.1. The normalized spacial score (nSPS) is 14.2. The Labute approximate surface area is 248 Å². The highest BCUT2D eigenvalue weighted by molar-refractivity contribution is 5.85. The van der Waals surface area contributed by atoms with Gasteiger partial charge in [0.05, 0.1) is 28.4 Å². The lowest BCUT2D eigenvalue weighted by atomic mass is 9.86. The number of rotatable bonds is 17. The second kappa shape index (κ2) is 19.3. The summed E-state index contributed by atoms with van der Waals surface area (Å²) in [5.41, 5.74) is 4.03. The van der Waals surface area contributed by atoms with Gasteiger partial charge in [-0.2, -0.15) is 0 Å². The molecule has 0 aliphatic heterocycles. The smallest absolute Gasteiger partial charge is 0.164 e. The van der Waals surface area contributed by atoms with Crippen LogP contribution in [0.3, 0.4) is 0 Å². The van der Waals surface area contributed by atoms with Crippen molar-refractivity contribution in [1.82, 2.24) is 10.2 Å². The van der Waals surface area contributed by atoms with Crippen molar-refractivity contribution in [3.8, 4) is 23.0 Å². The molecule has 8 heteroatoms. The molecule has 1 N–H and O–H groups in total. The number of methoxy groups -OCH3 is 4. The number of hydrogen-bond acceptors (Lipinski definition) is 6. The maximum atomic E-state index is 5.69. The van der Waals surface area contributed by atoms with Crippen LogP contribution in [0.15, 0.2) is 30.3 Å². The average Bonchev–Trinajstić information content (AvgIpc) is 2.94. The average molecular weight is 586 g/mol. The third kappa shape index (κ3) is 10.2. The van der Waals surface area contributed by atoms with Crippen molar-refractivity contribution in [2.24, 2.45) is 0 Å². The molecule has 0 amide bonds. The molecule has 2 aromatic carbocycles. The first kappa shape index (κ1) is 35.2. The molecular weight excluding hydrogens is 535 g/mol. The summed E-state index contributed by atoms with van der Waals surface area (Å²) in [7, 11) is 6.83. The molecule has 3 rings (SSSR count). The number of hydrogen-bond donors (Lipinski definition) is 1. The fraction of sp³-hybridized carbons (Fsp3) is 0.613. The topological polar surface area (TPSA) is 52.2 Å². The molecule has 0 bridgehead atoms. The Balaban J connectivity index is 0.00000380. The standard InChI is InChI=1S/C31H48N2O4.2ClH/c1-6-20-33(26-13-14-27-25(23-26)12-16-29(35-3)31(27)37-5)21-10-8-7-9-18-32-19-17-24-11-15-28(34-2)30(22-24)36-4;;/h11-12,15-16,22,26,32H,6-10,13-14,17-21,23H2,1-5H3;2*1H. The van der Waals surface area contributed by atoms with E-state index in [2.05, 4.69) is 41.4 Å². The minimum atomic E-state index is 0. The van der Waals surface area contributed by atoms with Gasteiger partial charge in [0, 0.05) is 11.6 Å². The van der Waals surface area contributed by atoms with Gasteiger partial charge in [-0.25, -0.2) is 0 Å². The predicted molar refractivity (Wildman–Crippen MR) is 166 cm³/mol. The molecule has 39 heavy (non-hydrogen) atoms. The van der Waals surface area contributed by atoms with Gasteiger partial charge in [0.15, 0.2) is 23.0 Å². The molecule has 0 saturated heterocycles. The largest absolute Gasteiger partial charge is 0.493 e. The predicted octanol–water partition coefficient (Wildman–Crippen LogP) is 6.53. The Morgan fingerprint density at radius 2 is 1.51 bits per heavy atom. The SMILES string of the molecule is CCCN(CCCCCCNCCc1ccc(OC)c(OC)c1)C1CCc2c(ccc(OC)c2OC)C1.Cl.Cl. The monoisotopic (exact) mass is 584 g/mol. The second-order valence-corrected chi connectivity index (χ2v) is 9.97. The molecule has 0 radical (unpaired) electrons. The lowest BCUT2D eigenvalue weighted by Crippen LogP contribution is -2.40. The minimum Gasteiger partial charge on any atom is -0.493 e. The summed E-state index contributed by atoms with van der Waals surface area (Å²) >= 11 is 0. The lowest BCUT2D eigenvalue weighted by molar-refractivity contribution is 0.175. The van der Waals surface area contributed by atoms with Gasteiger partial charge < -0.3 is 29.2 Å². The minimum absolute atomic E-state index is 0. The summed E-state index contributed by atoms with van der Waals surface area (Å²) in [6.45, 7) is 6.75. The van der Waals surface area contributed by atoms with E-state index in [9.17, 15) is 0 Å². The van der Waals surface area contributed by atoms with Crippen molar-refractivity contribution in [3.63, 3.8) is 0 Å². The number of ether oxygens (including phenoxy) is 4. The summed E-state index contributed by atoms with van der Waals surface area (Å²) in [4.78, 5) is 2.74. The Kier molecular flexibility index (Phi) is 17.4. The number of fused-ring (bicyclic) bond motifs is 1. The molecule has 1 unspecified atom stereocenters. The van der Waals surface area contributed by atoms with Crippen LogP contribution >= 0.6 is 24.8 Å². The molecule has 1 atom stereocenters.